The molecule has 0 bridgehead atoms. The van der Waals surface area contributed by atoms with Gasteiger partial charge in [-0.3, -0.25) is 9.40 Å². The highest BCUT2D eigenvalue weighted by molar-refractivity contribution is 7.92. The van der Waals surface area contributed by atoms with E-state index < -0.39 is 16.0 Å². The Hall–Kier alpha value is -3.33. The standard InChI is InChI=1S/C25H32N4O4S/c1-16-9-12-24(17(2)14-16)34(32,33)27-20-10-11-23(22(15-20)25(30)31)28(5)13-7-8-21-18(3)26-29(6)19(21)4/h9-12,14-15,27H,7-8,13H2,1-6H3,(H,30,31). The maximum Gasteiger partial charge on any atom is 0.337 e. The second-order valence-corrected chi connectivity index (χ2v) is 10.4. The number of nitrogens with zero attached hydrogens (tertiary/aromatic N) is 3. The van der Waals surface area contributed by atoms with Gasteiger partial charge in [-0.05, 0) is 75.9 Å². The minimum atomic E-state index is -3.85. The number of aromatic carboxylic acids is 1. The zero-order chi connectivity index (χ0) is 25.2. The molecule has 0 atom stereocenters. The summed E-state index contributed by atoms with van der Waals surface area (Å²) >= 11 is 0. The number of aryl methyl sites for hydroxylation is 4. The quantitative estimate of drug-likeness (QED) is 0.471. The Morgan fingerprint density at radius 2 is 1.82 bits per heavy atom. The number of anilines is 2. The second kappa shape index (κ2) is 9.89. The first-order chi connectivity index (χ1) is 15.9. The van der Waals surface area contributed by atoms with E-state index >= 15 is 0 Å². The van der Waals surface area contributed by atoms with Crippen LogP contribution in [0.5, 0.6) is 0 Å². The van der Waals surface area contributed by atoms with Crippen molar-refractivity contribution in [1.29, 1.82) is 0 Å². The molecule has 0 fully saturated rings. The van der Waals surface area contributed by atoms with Gasteiger partial charge >= 0.3 is 5.97 Å². The Morgan fingerprint density at radius 1 is 1.12 bits per heavy atom. The van der Waals surface area contributed by atoms with Gasteiger partial charge in [0.15, 0.2) is 0 Å². The van der Waals surface area contributed by atoms with Crippen LogP contribution in [0.4, 0.5) is 11.4 Å². The van der Waals surface area contributed by atoms with Crippen molar-refractivity contribution in [3.05, 3.63) is 70.0 Å². The van der Waals surface area contributed by atoms with E-state index in [2.05, 4.69) is 9.82 Å². The van der Waals surface area contributed by atoms with Crippen LogP contribution in [-0.4, -0.2) is 42.9 Å². The van der Waals surface area contributed by atoms with Crippen molar-refractivity contribution >= 4 is 27.4 Å². The maximum atomic E-state index is 12.9. The van der Waals surface area contributed by atoms with Gasteiger partial charge in [0.1, 0.15) is 0 Å². The molecule has 8 nitrogen and oxygen atoms in total. The lowest BCUT2D eigenvalue weighted by molar-refractivity contribution is 0.0697. The summed E-state index contributed by atoms with van der Waals surface area (Å²) in [6.45, 7) is 8.30. The first-order valence-corrected chi connectivity index (χ1v) is 12.6. The molecule has 1 heterocycles. The molecule has 0 saturated carbocycles. The average Bonchev–Trinajstić information content (AvgIpc) is 2.98. The van der Waals surface area contributed by atoms with Crippen LogP contribution in [-0.2, 0) is 23.5 Å². The van der Waals surface area contributed by atoms with E-state index in [1.54, 1.807) is 37.3 Å². The van der Waals surface area contributed by atoms with Crippen LogP contribution >= 0.6 is 0 Å². The Labute approximate surface area is 201 Å². The van der Waals surface area contributed by atoms with Crippen molar-refractivity contribution in [2.45, 2.75) is 45.4 Å². The molecule has 2 aromatic carbocycles. The molecule has 3 rings (SSSR count). The van der Waals surface area contributed by atoms with Gasteiger partial charge in [0.05, 0.1) is 21.8 Å². The minimum Gasteiger partial charge on any atom is -0.478 e. The fraction of sp³-hybridized carbons (Fsp3) is 0.360. The van der Waals surface area contributed by atoms with Crippen molar-refractivity contribution in [2.75, 3.05) is 23.2 Å². The number of sulfonamides is 1. The first kappa shape index (κ1) is 25.3. The molecule has 0 aliphatic heterocycles. The number of benzene rings is 2. The molecular formula is C25H32N4O4S. The van der Waals surface area contributed by atoms with E-state index in [0.29, 0.717) is 17.8 Å². The summed E-state index contributed by atoms with van der Waals surface area (Å²) in [5, 5.41) is 14.2. The van der Waals surface area contributed by atoms with Crippen LogP contribution in [0.25, 0.3) is 0 Å². The Kier molecular flexibility index (Phi) is 7.35. The topological polar surface area (TPSA) is 105 Å². The molecule has 2 N–H and O–H groups in total. The summed E-state index contributed by atoms with van der Waals surface area (Å²) in [6, 6.07) is 9.68. The monoisotopic (exact) mass is 484 g/mol. The third-order valence-electron chi connectivity index (χ3n) is 6.09. The van der Waals surface area contributed by atoms with Crippen LogP contribution < -0.4 is 9.62 Å². The van der Waals surface area contributed by atoms with Gasteiger partial charge in [-0.25, -0.2) is 13.2 Å². The van der Waals surface area contributed by atoms with Crippen molar-refractivity contribution in [3.8, 4) is 0 Å². The number of carbonyl (C=O) groups is 1. The average molecular weight is 485 g/mol. The summed E-state index contributed by atoms with van der Waals surface area (Å²) in [4.78, 5) is 14.0. The number of hydrogen-bond donors (Lipinski definition) is 2. The van der Waals surface area contributed by atoms with Gasteiger partial charge in [0.25, 0.3) is 10.0 Å². The molecule has 0 aliphatic carbocycles. The fourth-order valence-electron chi connectivity index (χ4n) is 4.21. The van der Waals surface area contributed by atoms with E-state index in [0.717, 1.165) is 29.8 Å². The molecule has 0 amide bonds. The summed E-state index contributed by atoms with van der Waals surface area (Å²) in [5.41, 5.74) is 5.72. The third kappa shape index (κ3) is 5.41. The van der Waals surface area contributed by atoms with E-state index in [1.165, 1.54) is 11.6 Å². The van der Waals surface area contributed by atoms with Crippen molar-refractivity contribution < 1.29 is 18.3 Å². The van der Waals surface area contributed by atoms with Crippen LogP contribution in [0.1, 0.15) is 44.9 Å². The highest BCUT2D eigenvalue weighted by atomic mass is 32.2. The van der Waals surface area contributed by atoms with Gasteiger partial charge in [-0.1, -0.05) is 17.7 Å². The summed E-state index contributed by atoms with van der Waals surface area (Å²) < 4.78 is 30.2. The lowest BCUT2D eigenvalue weighted by Gasteiger charge is -2.22. The van der Waals surface area contributed by atoms with Gasteiger partial charge in [-0.2, -0.15) is 5.10 Å². The highest BCUT2D eigenvalue weighted by Crippen LogP contribution is 2.27. The first-order valence-electron chi connectivity index (χ1n) is 11.1. The molecule has 0 saturated heterocycles. The molecule has 0 radical (unpaired) electrons. The number of carboxylic acids is 1. The minimum absolute atomic E-state index is 0.0390. The largest absolute Gasteiger partial charge is 0.478 e. The van der Waals surface area contributed by atoms with Crippen LogP contribution in [0.3, 0.4) is 0 Å². The molecule has 9 heteroatoms. The van der Waals surface area contributed by atoms with Crippen LogP contribution in [0, 0.1) is 27.7 Å². The zero-order valence-electron chi connectivity index (χ0n) is 20.5. The lowest BCUT2D eigenvalue weighted by atomic mass is 10.1. The second-order valence-electron chi connectivity index (χ2n) is 8.71. The zero-order valence-corrected chi connectivity index (χ0v) is 21.3. The molecule has 0 unspecified atom stereocenters. The molecule has 1 aromatic heterocycles. The van der Waals surface area contributed by atoms with Gasteiger partial charge < -0.3 is 10.0 Å². The Morgan fingerprint density at radius 3 is 2.41 bits per heavy atom. The van der Waals surface area contributed by atoms with Crippen LogP contribution in [0.15, 0.2) is 41.3 Å². The predicted octanol–water partition coefficient (Wildman–Crippen LogP) is 4.22. The van der Waals surface area contributed by atoms with Crippen molar-refractivity contribution in [1.82, 2.24) is 9.78 Å². The highest BCUT2D eigenvalue weighted by Gasteiger charge is 2.20. The van der Waals surface area contributed by atoms with E-state index in [4.69, 9.17) is 0 Å². The third-order valence-corrected chi connectivity index (χ3v) is 7.63. The van der Waals surface area contributed by atoms with Gasteiger partial charge in [0, 0.05) is 32.0 Å². The number of aromatic nitrogens is 2. The number of carboxylic acid groups (broad SMARTS) is 1. The maximum absolute atomic E-state index is 12.9. The Balaban J connectivity index is 1.77. The van der Waals surface area contributed by atoms with E-state index in [-0.39, 0.29) is 16.1 Å². The normalized spacial score (nSPS) is 11.5. The summed E-state index contributed by atoms with van der Waals surface area (Å²) in [5.74, 6) is -1.12. The number of hydrogen-bond acceptors (Lipinski definition) is 5. The molecule has 3 aromatic rings. The van der Waals surface area contributed by atoms with Gasteiger partial charge in [-0.15, -0.1) is 0 Å². The van der Waals surface area contributed by atoms with Crippen molar-refractivity contribution in [2.24, 2.45) is 7.05 Å². The summed E-state index contributed by atoms with van der Waals surface area (Å²) in [7, 11) is -0.0906. The molecular weight excluding hydrogens is 452 g/mol. The Bertz CT molecular complexity index is 1330. The predicted molar refractivity (Wildman–Crippen MR) is 134 cm³/mol. The summed E-state index contributed by atoms with van der Waals surface area (Å²) in [6.07, 6.45) is 1.66. The van der Waals surface area contributed by atoms with E-state index in [1.807, 2.05) is 44.4 Å². The number of rotatable bonds is 9. The van der Waals surface area contributed by atoms with Gasteiger partial charge in [0.2, 0.25) is 0 Å². The van der Waals surface area contributed by atoms with E-state index in [9.17, 15) is 18.3 Å². The smallest absolute Gasteiger partial charge is 0.337 e. The molecule has 34 heavy (non-hydrogen) atoms. The lowest BCUT2D eigenvalue weighted by Crippen LogP contribution is -2.22. The number of nitrogens with one attached hydrogen (secondary N) is 1. The molecule has 0 spiro atoms. The van der Waals surface area contributed by atoms with Crippen molar-refractivity contribution in [3.63, 3.8) is 0 Å². The fourth-order valence-corrected chi connectivity index (χ4v) is 5.48. The van der Waals surface area contributed by atoms with Crippen LogP contribution in [0.2, 0.25) is 0 Å². The molecule has 182 valence electrons. The molecule has 0 aliphatic rings. The SMILES string of the molecule is Cc1ccc(S(=O)(=O)Nc2ccc(N(C)CCCc3c(C)nn(C)c3C)c(C(=O)O)c2)c(C)c1.